The molecule has 0 radical (unpaired) electrons. The number of fused-ring (bicyclic) bond motifs is 1. The average molecular weight is 350 g/mol. The monoisotopic (exact) mass is 350 g/mol. The minimum Gasteiger partial charge on any atom is -0.353 e. The first-order valence-corrected chi connectivity index (χ1v) is 9.45. The molecule has 1 N–H and O–H groups in total. The third kappa shape index (κ3) is 5.00. The molecule has 0 spiro atoms. The quantitative estimate of drug-likeness (QED) is 0.493. The molecule has 3 aromatic rings. The smallest absolute Gasteiger partial charge is 0.243 e. The summed E-state index contributed by atoms with van der Waals surface area (Å²) in [4.78, 5) is 16.4. The van der Waals surface area contributed by atoms with Crippen LogP contribution in [-0.2, 0) is 11.2 Å². The molecule has 0 aliphatic rings. The number of amides is 1. The fourth-order valence-corrected chi connectivity index (χ4v) is 3.57. The maximum atomic E-state index is 12.0. The Labute approximate surface area is 152 Å². The second-order valence-corrected chi connectivity index (χ2v) is 6.98. The van der Waals surface area contributed by atoms with Crippen LogP contribution in [-0.4, -0.2) is 17.4 Å². The maximum Gasteiger partial charge on any atom is 0.243 e. The molecule has 0 bridgehead atoms. The number of carbonyl (C=O) groups is 1. The lowest BCUT2D eigenvalue weighted by Gasteiger charge is -2.03. The Hall–Kier alpha value is -2.46. The number of nitrogens with zero attached hydrogens (tertiary/aromatic N) is 1. The highest BCUT2D eigenvalue weighted by molar-refractivity contribution is 7.09. The Morgan fingerprint density at radius 3 is 2.84 bits per heavy atom. The van der Waals surface area contributed by atoms with Gasteiger partial charge in [0.05, 0.1) is 5.01 Å². The summed E-state index contributed by atoms with van der Waals surface area (Å²) in [6.07, 6.45) is 6.49. The van der Waals surface area contributed by atoms with E-state index in [1.807, 2.05) is 37.3 Å². The van der Waals surface area contributed by atoms with Gasteiger partial charge in [0, 0.05) is 23.7 Å². The highest BCUT2D eigenvalue weighted by Gasteiger charge is 2.00. The number of aryl methyl sites for hydroxylation is 2. The first-order chi connectivity index (χ1) is 12.2. The van der Waals surface area contributed by atoms with Crippen LogP contribution in [0.2, 0.25) is 0 Å². The van der Waals surface area contributed by atoms with E-state index in [0.29, 0.717) is 6.54 Å². The number of hydrogen-bond donors (Lipinski definition) is 1. The van der Waals surface area contributed by atoms with E-state index in [1.54, 1.807) is 17.4 Å². The van der Waals surface area contributed by atoms with Crippen molar-refractivity contribution in [1.82, 2.24) is 10.3 Å². The van der Waals surface area contributed by atoms with Gasteiger partial charge in [-0.1, -0.05) is 42.5 Å². The van der Waals surface area contributed by atoms with Crippen LogP contribution in [0.1, 0.15) is 29.1 Å². The van der Waals surface area contributed by atoms with Crippen LogP contribution in [0.5, 0.6) is 0 Å². The van der Waals surface area contributed by atoms with E-state index in [9.17, 15) is 4.79 Å². The van der Waals surface area contributed by atoms with Gasteiger partial charge in [-0.25, -0.2) is 4.98 Å². The Morgan fingerprint density at radius 2 is 2.00 bits per heavy atom. The second kappa shape index (κ2) is 8.58. The summed E-state index contributed by atoms with van der Waals surface area (Å²) in [5.74, 6) is -0.0435. The minimum absolute atomic E-state index is 0.0435. The van der Waals surface area contributed by atoms with Crippen molar-refractivity contribution in [2.24, 2.45) is 0 Å². The van der Waals surface area contributed by atoms with Crippen LogP contribution in [0.3, 0.4) is 0 Å². The zero-order valence-corrected chi connectivity index (χ0v) is 15.2. The van der Waals surface area contributed by atoms with Crippen molar-refractivity contribution in [3.63, 3.8) is 0 Å². The van der Waals surface area contributed by atoms with E-state index in [1.165, 1.54) is 10.4 Å². The summed E-state index contributed by atoms with van der Waals surface area (Å²) in [5, 5.41) is 8.55. The van der Waals surface area contributed by atoms with Crippen LogP contribution < -0.4 is 5.32 Å². The fraction of sp³-hybridized carbons (Fsp3) is 0.238. The topological polar surface area (TPSA) is 42.0 Å². The molecular formula is C21H22N2OS. The summed E-state index contributed by atoms with van der Waals surface area (Å²) in [6, 6.07) is 14.3. The van der Waals surface area contributed by atoms with E-state index in [0.717, 1.165) is 35.9 Å². The predicted octanol–water partition coefficient (Wildman–Crippen LogP) is 4.76. The van der Waals surface area contributed by atoms with Gasteiger partial charge in [-0.05, 0) is 48.6 Å². The molecule has 3 rings (SSSR count). The van der Waals surface area contributed by atoms with Crippen LogP contribution in [0.4, 0.5) is 0 Å². The first-order valence-electron chi connectivity index (χ1n) is 8.57. The van der Waals surface area contributed by atoms with Crippen LogP contribution >= 0.6 is 11.3 Å². The minimum atomic E-state index is -0.0435. The van der Waals surface area contributed by atoms with Gasteiger partial charge < -0.3 is 5.32 Å². The van der Waals surface area contributed by atoms with Crippen molar-refractivity contribution in [1.29, 1.82) is 0 Å². The summed E-state index contributed by atoms with van der Waals surface area (Å²) >= 11 is 1.71. The Balaban J connectivity index is 1.45. The molecule has 0 aliphatic carbocycles. The van der Waals surface area contributed by atoms with Gasteiger partial charge in [0.15, 0.2) is 0 Å². The zero-order chi connectivity index (χ0) is 17.5. The van der Waals surface area contributed by atoms with Gasteiger partial charge in [0.2, 0.25) is 5.91 Å². The molecule has 0 saturated heterocycles. The number of unbranched alkanes of at least 4 members (excludes halogenated alkanes) is 1. The van der Waals surface area contributed by atoms with E-state index < -0.39 is 0 Å². The van der Waals surface area contributed by atoms with E-state index in [2.05, 4.69) is 33.9 Å². The van der Waals surface area contributed by atoms with Crippen molar-refractivity contribution in [2.45, 2.75) is 26.2 Å². The average Bonchev–Trinajstić information content (AvgIpc) is 3.05. The number of thiazole rings is 1. The van der Waals surface area contributed by atoms with Crippen molar-refractivity contribution < 1.29 is 4.79 Å². The van der Waals surface area contributed by atoms with Crippen molar-refractivity contribution in [3.05, 3.63) is 70.2 Å². The molecular weight excluding hydrogens is 328 g/mol. The highest BCUT2D eigenvalue weighted by Crippen LogP contribution is 2.19. The summed E-state index contributed by atoms with van der Waals surface area (Å²) in [6.45, 7) is 2.71. The standard InChI is InChI=1S/C21H22N2OS/c1-16-15-25-21(23-16)11-4-5-14-22-20(24)13-12-18-9-6-8-17-7-2-3-10-19(17)18/h2-3,6-10,12-13,15H,4-5,11,14H2,1H3,(H,22,24)/b13-12+. The molecule has 25 heavy (non-hydrogen) atoms. The molecule has 0 unspecified atom stereocenters. The fourth-order valence-electron chi connectivity index (χ4n) is 2.75. The SMILES string of the molecule is Cc1csc(CCCCNC(=O)/C=C/c2cccc3ccccc23)n1. The Morgan fingerprint density at radius 1 is 1.16 bits per heavy atom. The Kier molecular flexibility index (Phi) is 5.96. The maximum absolute atomic E-state index is 12.0. The molecule has 1 heterocycles. The predicted molar refractivity (Wildman–Crippen MR) is 106 cm³/mol. The van der Waals surface area contributed by atoms with Crippen molar-refractivity contribution in [3.8, 4) is 0 Å². The Bertz CT molecular complexity index is 877. The molecule has 128 valence electrons. The summed E-state index contributed by atoms with van der Waals surface area (Å²) in [7, 11) is 0. The van der Waals surface area contributed by atoms with E-state index in [-0.39, 0.29) is 5.91 Å². The highest BCUT2D eigenvalue weighted by atomic mass is 32.1. The normalized spacial score (nSPS) is 11.2. The molecule has 0 aliphatic heterocycles. The number of benzene rings is 2. The van der Waals surface area contributed by atoms with Crippen molar-refractivity contribution in [2.75, 3.05) is 6.54 Å². The first kappa shape index (κ1) is 17.4. The van der Waals surface area contributed by atoms with Gasteiger partial charge in [-0.2, -0.15) is 0 Å². The van der Waals surface area contributed by atoms with Gasteiger partial charge in [0.25, 0.3) is 0 Å². The van der Waals surface area contributed by atoms with Gasteiger partial charge in [-0.15, -0.1) is 11.3 Å². The van der Waals surface area contributed by atoms with Crippen LogP contribution in [0, 0.1) is 6.92 Å². The molecule has 3 nitrogen and oxygen atoms in total. The summed E-state index contributed by atoms with van der Waals surface area (Å²) in [5.41, 5.74) is 2.15. The molecule has 1 aromatic heterocycles. The third-order valence-electron chi connectivity index (χ3n) is 4.02. The number of hydrogen-bond acceptors (Lipinski definition) is 3. The lowest BCUT2D eigenvalue weighted by atomic mass is 10.0. The van der Waals surface area contributed by atoms with E-state index >= 15 is 0 Å². The number of carbonyl (C=O) groups excluding carboxylic acids is 1. The van der Waals surface area contributed by atoms with E-state index in [4.69, 9.17) is 0 Å². The number of aromatic nitrogens is 1. The molecule has 1 amide bonds. The van der Waals surface area contributed by atoms with Gasteiger partial charge in [-0.3, -0.25) is 4.79 Å². The number of nitrogens with one attached hydrogen (secondary N) is 1. The molecule has 0 atom stereocenters. The third-order valence-corrected chi connectivity index (χ3v) is 5.05. The second-order valence-electron chi connectivity index (χ2n) is 6.03. The molecule has 0 fully saturated rings. The molecule has 0 saturated carbocycles. The van der Waals surface area contributed by atoms with Crippen LogP contribution in [0.15, 0.2) is 53.9 Å². The lowest BCUT2D eigenvalue weighted by molar-refractivity contribution is -0.116. The summed E-state index contributed by atoms with van der Waals surface area (Å²) < 4.78 is 0. The van der Waals surface area contributed by atoms with Crippen molar-refractivity contribution >= 4 is 34.1 Å². The largest absolute Gasteiger partial charge is 0.353 e. The van der Waals surface area contributed by atoms with Gasteiger partial charge >= 0.3 is 0 Å². The van der Waals surface area contributed by atoms with Gasteiger partial charge in [0.1, 0.15) is 0 Å². The lowest BCUT2D eigenvalue weighted by Crippen LogP contribution is -2.22. The zero-order valence-electron chi connectivity index (χ0n) is 14.4. The molecule has 4 heteroatoms. The molecule has 2 aromatic carbocycles. The number of rotatable bonds is 7. The van der Waals surface area contributed by atoms with Crippen LogP contribution in [0.25, 0.3) is 16.8 Å².